The van der Waals surface area contributed by atoms with E-state index in [0.29, 0.717) is 6.42 Å². The maximum absolute atomic E-state index is 14.4. The molecule has 0 spiro atoms. The first-order valence-corrected chi connectivity index (χ1v) is 7.16. The Morgan fingerprint density at radius 2 is 2.26 bits per heavy atom. The van der Waals surface area contributed by atoms with Crippen molar-refractivity contribution in [1.29, 1.82) is 5.26 Å². The normalized spacial score (nSPS) is 17.6. The summed E-state index contributed by atoms with van der Waals surface area (Å²) in [6.45, 7) is 1.74. The molecule has 0 aromatic heterocycles. The number of carbonyl (C=O) groups excluding carboxylic acids is 1. The highest BCUT2D eigenvalue weighted by Gasteiger charge is 2.39. The van der Waals surface area contributed by atoms with Crippen LogP contribution in [-0.2, 0) is 14.3 Å². The van der Waals surface area contributed by atoms with E-state index in [1.54, 1.807) is 6.92 Å². The van der Waals surface area contributed by atoms with Gasteiger partial charge in [-0.3, -0.25) is 0 Å². The van der Waals surface area contributed by atoms with E-state index in [0.717, 1.165) is 0 Å². The summed E-state index contributed by atoms with van der Waals surface area (Å²) in [6, 6.07) is 5.98. The fraction of sp³-hybridized carbons (Fsp3) is 0.250. The number of methoxy groups -OCH3 is 1. The lowest BCUT2D eigenvalue weighted by atomic mass is 9.82. The molecule has 0 bridgehead atoms. The quantitative estimate of drug-likeness (QED) is 0.857. The second kappa shape index (κ2) is 6.71. The molecule has 0 radical (unpaired) electrons. The number of allylic oxidation sites excluding steroid dienone is 2. The molecule has 0 amide bonds. The van der Waals surface area contributed by atoms with Gasteiger partial charge in [0.2, 0.25) is 5.88 Å². The Bertz CT molecular complexity index is 745. The fourth-order valence-electron chi connectivity index (χ4n) is 2.49. The number of carbonyl (C=O) groups is 1. The lowest BCUT2D eigenvalue weighted by molar-refractivity contribution is -0.136. The monoisotopic (exact) mass is 336 g/mol. The number of hydrogen-bond donors (Lipinski definition) is 1. The summed E-state index contributed by atoms with van der Waals surface area (Å²) in [5, 5.41) is 9.48. The van der Waals surface area contributed by atoms with Gasteiger partial charge in [-0.2, -0.15) is 5.26 Å². The van der Waals surface area contributed by atoms with E-state index in [2.05, 4.69) is 0 Å². The van der Waals surface area contributed by atoms with Crippen molar-refractivity contribution in [2.24, 2.45) is 5.73 Å². The third-order valence-corrected chi connectivity index (χ3v) is 3.84. The summed E-state index contributed by atoms with van der Waals surface area (Å²) >= 11 is 6.11. The second-order valence-corrected chi connectivity index (χ2v) is 5.15. The van der Waals surface area contributed by atoms with Crippen molar-refractivity contribution in [1.82, 2.24) is 0 Å². The lowest BCUT2D eigenvalue weighted by Crippen LogP contribution is -2.26. The zero-order valence-electron chi connectivity index (χ0n) is 12.5. The van der Waals surface area contributed by atoms with Gasteiger partial charge < -0.3 is 15.2 Å². The van der Waals surface area contributed by atoms with Crippen LogP contribution >= 0.6 is 11.6 Å². The molecule has 1 aromatic rings. The van der Waals surface area contributed by atoms with E-state index in [-0.39, 0.29) is 33.4 Å². The van der Waals surface area contributed by atoms with Crippen LogP contribution in [0.1, 0.15) is 24.8 Å². The van der Waals surface area contributed by atoms with Crippen LogP contribution in [-0.4, -0.2) is 13.1 Å². The molecular formula is C16H14ClFN2O3. The van der Waals surface area contributed by atoms with E-state index >= 15 is 0 Å². The van der Waals surface area contributed by atoms with Crippen LogP contribution in [0.25, 0.3) is 0 Å². The highest BCUT2D eigenvalue weighted by molar-refractivity contribution is 6.31. The molecule has 1 aliphatic rings. The molecule has 1 aliphatic heterocycles. The Morgan fingerprint density at radius 1 is 1.57 bits per heavy atom. The number of nitriles is 1. The number of esters is 1. The zero-order valence-corrected chi connectivity index (χ0v) is 13.3. The molecule has 23 heavy (non-hydrogen) atoms. The van der Waals surface area contributed by atoms with Crippen LogP contribution in [0.15, 0.2) is 41.0 Å². The smallest absolute Gasteiger partial charge is 0.338 e. The van der Waals surface area contributed by atoms with Crippen LogP contribution in [0, 0.1) is 17.1 Å². The van der Waals surface area contributed by atoms with Crippen molar-refractivity contribution in [3.8, 4) is 6.07 Å². The van der Waals surface area contributed by atoms with Crippen LogP contribution < -0.4 is 5.73 Å². The van der Waals surface area contributed by atoms with Crippen molar-refractivity contribution in [2.75, 3.05) is 7.11 Å². The van der Waals surface area contributed by atoms with E-state index in [1.165, 1.54) is 25.3 Å². The Labute approximate surface area is 137 Å². The molecular weight excluding hydrogens is 323 g/mol. The minimum Gasteiger partial charge on any atom is -0.466 e. The highest BCUT2D eigenvalue weighted by atomic mass is 35.5. The molecule has 0 unspecified atom stereocenters. The molecule has 7 heteroatoms. The highest BCUT2D eigenvalue weighted by Crippen LogP contribution is 2.43. The first-order chi connectivity index (χ1) is 11.0. The van der Waals surface area contributed by atoms with Gasteiger partial charge in [0.25, 0.3) is 0 Å². The maximum atomic E-state index is 14.4. The standard InChI is InChI=1S/C16H14ClFN2O3/c1-3-11-14(16(21)22-2)12(8(7-19)15(20)23-11)13-9(17)5-4-6-10(13)18/h4-6,12H,3,20H2,1-2H3/t12-/m1/s1. The summed E-state index contributed by atoms with van der Waals surface area (Å²) in [4.78, 5) is 12.2. The van der Waals surface area contributed by atoms with Crippen LogP contribution in [0.4, 0.5) is 4.39 Å². The molecule has 2 N–H and O–H groups in total. The number of ether oxygens (including phenoxy) is 2. The van der Waals surface area contributed by atoms with E-state index in [4.69, 9.17) is 26.8 Å². The number of nitrogens with two attached hydrogens (primary N) is 1. The van der Waals surface area contributed by atoms with Gasteiger partial charge in [-0.1, -0.05) is 24.6 Å². The van der Waals surface area contributed by atoms with Crippen molar-refractivity contribution in [3.05, 3.63) is 57.4 Å². The Hall–Kier alpha value is -2.52. The predicted octanol–water partition coefficient (Wildman–Crippen LogP) is 3.12. The van der Waals surface area contributed by atoms with Gasteiger partial charge in [0.05, 0.1) is 18.6 Å². The zero-order chi connectivity index (χ0) is 17.1. The third-order valence-electron chi connectivity index (χ3n) is 3.51. The number of rotatable bonds is 3. The molecule has 120 valence electrons. The van der Waals surface area contributed by atoms with Gasteiger partial charge in [-0.15, -0.1) is 0 Å². The molecule has 5 nitrogen and oxygen atoms in total. The topological polar surface area (TPSA) is 85.3 Å². The molecule has 1 aromatic carbocycles. The summed E-state index contributed by atoms with van der Waals surface area (Å²) in [5.74, 6) is -2.42. The largest absolute Gasteiger partial charge is 0.466 e. The third kappa shape index (κ3) is 2.88. The number of halogens is 2. The van der Waals surface area contributed by atoms with Crippen LogP contribution in [0.3, 0.4) is 0 Å². The van der Waals surface area contributed by atoms with Crippen LogP contribution in [0.5, 0.6) is 0 Å². The Balaban J connectivity index is 2.80. The van der Waals surface area contributed by atoms with Crippen molar-refractivity contribution >= 4 is 17.6 Å². The maximum Gasteiger partial charge on any atom is 0.338 e. The van der Waals surface area contributed by atoms with E-state index in [1.807, 2.05) is 6.07 Å². The minimum absolute atomic E-state index is 0.0108. The first-order valence-electron chi connectivity index (χ1n) is 6.79. The Kier molecular flexibility index (Phi) is 4.92. The predicted molar refractivity (Wildman–Crippen MR) is 81.4 cm³/mol. The van der Waals surface area contributed by atoms with Gasteiger partial charge in [0, 0.05) is 17.0 Å². The molecule has 0 fully saturated rings. The molecule has 0 saturated heterocycles. The van der Waals surface area contributed by atoms with Crippen molar-refractivity contribution in [3.63, 3.8) is 0 Å². The fourth-order valence-corrected chi connectivity index (χ4v) is 2.76. The minimum atomic E-state index is -1.08. The second-order valence-electron chi connectivity index (χ2n) is 4.74. The lowest BCUT2D eigenvalue weighted by Gasteiger charge is -2.28. The average molecular weight is 337 g/mol. The molecule has 0 saturated carbocycles. The van der Waals surface area contributed by atoms with E-state index in [9.17, 15) is 14.4 Å². The van der Waals surface area contributed by atoms with Crippen LogP contribution in [0.2, 0.25) is 5.02 Å². The molecule has 0 aliphatic carbocycles. The average Bonchev–Trinajstić information content (AvgIpc) is 2.53. The first kappa shape index (κ1) is 16.8. The Morgan fingerprint density at radius 3 is 2.78 bits per heavy atom. The molecule has 2 rings (SSSR count). The molecule has 1 atom stereocenters. The van der Waals surface area contributed by atoms with Gasteiger partial charge in [0.15, 0.2) is 0 Å². The summed E-state index contributed by atoms with van der Waals surface area (Å²) in [6.07, 6.45) is 0.312. The van der Waals surface area contributed by atoms with Gasteiger partial charge in [-0.25, -0.2) is 9.18 Å². The number of nitrogens with zero attached hydrogens (tertiary/aromatic N) is 1. The number of benzene rings is 1. The van der Waals surface area contributed by atoms with E-state index < -0.39 is 17.7 Å². The number of hydrogen-bond acceptors (Lipinski definition) is 5. The van der Waals surface area contributed by atoms with Gasteiger partial charge in [0.1, 0.15) is 23.2 Å². The van der Waals surface area contributed by atoms with Gasteiger partial charge >= 0.3 is 5.97 Å². The summed E-state index contributed by atoms with van der Waals surface area (Å²) in [7, 11) is 1.19. The van der Waals surface area contributed by atoms with Crippen molar-refractivity contribution < 1.29 is 18.7 Å². The molecule has 1 heterocycles. The summed E-state index contributed by atoms with van der Waals surface area (Å²) < 4.78 is 24.5. The SMILES string of the molecule is CCC1=C(C(=O)OC)[C@@H](c2c(F)cccc2Cl)C(C#N)=C(N)O1. The van der Waals surface area contributed by atoms with Crippen molar-refractivity contribution in [2.45, 2.75) is 19.3 Å². The summed E-state index contributed by atoms with van der Waals surface area (Å²) in [5.41, 5.74) is 5.69. The van der Waals surface area contributed by atoms with Gasteiger partial charge in [-0.05, 0) is 12.1 Å².